The molecule has 3 aliphatic rings. The van der Waals surface area contributed by atoms with E-state index in [1.165, 1.54) is 23.1 Å². The highest BCUT2D eigenvalue weighted by molar-refractivity contribution is 7.22. The van der Waals surface area contributed by atoms with Crippen molar-refractivity contribution in [1.82, 2.24) is 20.2 Å². The lowest BCUT2D eigenvalue weighted by Crippen LogP contribution is -2.45. The number of carbonyl (C=O) groups excluding carboxylic acids is 1. The van der Waals surface area contributed by atoms with Gasteiger partial charge in [0.25, 0.3) is 5.91 Å². The average Bonchev–Trinajstić information content (AvgIpc) is 3.82. The Morgan fingerprint density at radius 1 is 1.06 bits per heavy atom. The van der Waals surface area contributed by atoms with Crippen molar-refractivity contribution >= 4 is 61.4 Å². The van der Waals surface area contributed by atoms with Gasteiger partial charge >= 0.3 is 5.97 Å². The molecule has 1 amide bonds. The van der Waals surface area contributed by atoms with Crippen LogP contribution in [0.4, 0.5) is 16.6 Å². The number of carboxylic acid groups (broad SMARTS) is 1. The second-order valence-electron chi connectivity index (χ2n) is 18.6. The van der Waals surface area contributed by atoms with Crippen LogP contribution in [-0.4, -0.2) is 83.9 Å². The van der Waals surface area contributed by atoms with E-state index in [1.54, 1.807) is 11.6 Å². The van der Waals surface area contributed by atoms with Gasteiger partial charge in [0.2, 0.25) is 0 Å². The Balaban J connectivity index is 0.880. The largest absolute Gasteiger partial charge is 0.476 e. The van der Waals surface area contributed by atoms with E-state index < -0.39 is 5.97 Å². The SMILES string of the molecule is CNc1ccc(CN(C)CCNC2C=C3C(C)(CC(C)CN=C(C)C(=CN)c4ccc(N5CCc6cccc(C(=O)Nc7nc8ccccc8s7)c6C5)nc4C(=O)O)CC3(C)C2)cc1. The first-order valence-corrected chi connectivity index (χ1v) is 23.2. The molecule has 0 bridgehead atoms. The molecule has 6 N–H and O–H groups in total. The molecule has 0 radical (unpaired) electrons. The molecule has 1 saturated carbocycles. The van der Waals surface area contributed by atoms with Gasteiger partial charge in [0.15, 0.2) is 10.8 Å². The molecule has 2 aromatic heterocycles. The Kier molecular flexibility index (Phi) is 13.0. The Morgan fingerprint density at radius 3 is 2.61 bits per heavy atom. The van der Waals surface area contributed by atoms with Gasteiger partial charge in [-0.1, -0.05) is 80.2 Å². The number of nitrogens with zero attached hydrogens (tertiary/aromatic N) is 5. The number of aromatic nitrogens is 2. The first-order valence-electron chi connectivity index (χ1n) is 22.4. The van der Waals surface area contributed by atoms with Crippen molar-refractivity contribution in [3.05, 3.63) is 130 Å². The van der Waals surface area contributed by atoms with Gasteiger partial charge in [-0.3, -0.25) is 15.1 Å². The van der Waals surface area contributed by atoms with Crippen LogP contribution in [0.3, 0.4) is 0 Å². The van der Waals surface area contributed by atoms with Crippen molar-refractivity contribution in [1.29, 1.82) is 0 Å². The Hall–Kier alpha value is -5.89. The molecule has 64 heavy (non-hydrogen) atoms. The lowest BCUT2D eigenvalue weighted by molar-refractivity contribution is 0.0689. The van der Waals surface area contributed by atoms with Crippen molar-refractivity contribution in [3.8, 4) is 0 Å². The number of para-hydroxylation sites is 1. The molecular formula is C51H61N9O3S. The average molecular weight is 880 g/mol. The smallest absolute Gasteiger partial charge is 0.355 e. The van der Waals surface area contributed by atoms with Crippen LogP contribution in [0.5, 0.6) is 0 Å². The minimum absolute atomic E-state index is 0.0897. The molecule has 8 rings (SSSR count). The summed E-state index contributed by atoms with van der Waals surface area (Å²) in [5.74, 6) is -0.552. The van der Waals surface area contributed by atoms with Crippen LogP contribution in [0.2, 0.25) is 0 Å². The van der Waals surface area contributed by atoms with Crippen LogP contribution in [0, 0.1) is 16.7 Å². The van der Waals surface area contributed by atoms with Gasteiger partial charge in [-0.15, -0.1) is 0 Å². The third-order valence-electron chi connectivity index (χ3n) is 13.4. The second kappa shape index (κ2) is 18.7. The quantitative estimate of drug-likeness (QED) is 0.0451. The number of carbonyl (C=O) groups is 2. The van der Waals surface area contributed by atoms with E-state index in [0.29, 0.717) is 71.4 Å². The number of rotatable bonds is 17. The Morgan fingerprint density at radius 2 is 1.86 bits per heavy atom. The van der Waals surface area contributed by atoms with Crippen LogP contribution in [0.25, 0.3) is 15.8 Å². The van der Waals surface area contributed by atoms with Crippen molar-refractivity contribution in [2.45, 2.75) is 72.5 Å². The van der Waals surface area contributed by atoms with Crippen LogP contribution >= 0.6 is 11.3 Å². The van der Waals surface area contributed by atoms with E-state index in [9.17, 15) is 14.7 Å². The van der Waals surface area contributed by atoms with Crippen molar-refractivity contribution < 1.29 is 14.7 Å². The molecule has 1 fully saturated rings. The maximum Gasteiger partial charge on any atom is 0.355 e. The van der Waals surface area contributed by atoms with E-state index in [2.05, 4.69) is 84.0 Å². The van der Waals surface area contributed by atoms with Crippen LogP contribution in [-0.2, 0) is 19.5 Å². The highest BCUT2D eigenvalue weighted by Gasteiger charge is 2.56. The number of allylic oxidation sites excluding steroid dienone is 2. The van der Waals surface area contributed by atoms with Gasteiger partial charge in [-0.2, -0.15) is 0 Å². The van der Waals surface area contributed by atoms with Crippen molar-refractivity contribution in [3.63, 3.8) is 0 Å². The third kappa shape index (κ3) is 9.47. The number of pyridine rings is 1. The summed E-state index contributed by atoms with van der Waals surface area (Å²) in [6.45, 7) is 13.4. The minimum Gasteiger partial charge on any atom is -0.476 e. The standard InChI is InChI=1S/C51H61N9O3S/c1-32(25-50(3)31-51(4)26-37(24-44(50)51)54-21-23-59(6)29-34-14-16-36(53-5)17-15-34)28-55-33(2)40(27-52)38-18-19-45(57-46(38)48(62)63)60-22-20-35-10-9-11-39(41(35)30-60)47(61)58-49-56-42-12-7-8-13-43(42)64-49/h7-19,24,27,32,37,53-54H,20-23,25-26,28-31,52H2,1-6H3,(H,62,63)(H,56,58,61). The molecule has 5 aromatic rings. The third-order valence-corrected chi connectivity index (χ3v) is 14.4. The maximum absolute atomic E-state index is 13.6. The van der Waals surface area contributed by atoms with Crippen molar-refractivity contribution in [2.24, 2.45) is 27.5 Å². The van der Waals surface area contributed by atoms with Gasteiger partial charge in [-0.25, -0.2) is 14.8 Å². The summed E-state index contributed by atoms with van der Waals surface area (Å²) < 4.78 is 1.00. The first kappa shape index (κ1) is 44.7. The predicted molar refractivity (Wildman–Crippen MR) is 262 cm³/mol. The topological polar surface area (TPSA) is 161 Å². The molecule has 12 nitrogen and oxygen atoms in total. The minimum atomic E-state index is -1.15. The zero-order valence-electron chi connectivity index (χ0n) is 37.9. The first-order chi connectivity index (χ1) is 30.8. The maximum atomic E-state index is 13.6. The molecule has 0 saturated heterocycles. The summed E-state index contributed by atoms with van der Waals surface area (Å²) in [6.07, 6.45) is 7.95. The number of nitrogens with two attached hydrogens (primary N) is 1. The van der Waals surface area contributed by atoms with E-state index in [-0.39, 0.29) is 22.4 Å². The molecule has 4 unspecified atom stereocenters. The number of aromatic carboxylic acids is 1. The molecule has 1 aliphatic heterocycles. The zero-order valence-corrected chi connectivity index (χ0v) is 38.7. The van der Waals surface area contributed by atoms with E-state index >= 15 is 0 Å². The number of amides is 1. The molecule has 13 heteroatoms. The van der Waals surface area contributed by atoms with Crippen LogP contribution in [0.1, 0.15) is 90.1 Å². The summed E-state index contributed by atoms with van der Waals surface area (Å²) in [4.78, 5) is 45.1. The molecule has 3 aromatic carbocycles. The number of carboxylic acids is 1. The van der Waals surface area contributed by atoms with Crippen LogP contribution in [0.15, 0.2) is 102 Å². The monoisotopic (exact) mass is 879 g/mol. The Bertz CT molecular complexity index is 2600. The molecule has 4 atom stereocenters. The highest BCUT2D eigenvalue weighted by atomic mass is 32.1. The van der Waals surface area contributed by atoms with Gasteiger partial charge < -0.3 is 31.3 Å². The Labute approximate surface area is 380 Å². The zero-order chi connectivity index (χ0) is 45.2. The van der Waals surface area contributed by atoms with E-state index in [0.717, 1.165) is 65.9 Å². The summed E-state index contributed by atoms with van der Waals surface area (Å²) in [6, 6.07) is 26.2. The number of likely N-dealkylation sites (N-methyl/N-ethyl adjacent to an activating group) is 1. The van der Waals surface area contributed by atoms with Gasteiger partial charge in [0.1, 0.15) is 5.82 Å². The number of thiazole rings is 1. The van der Waals surface area contributed by atoms with Gasteiger partial charge in [-0.05, 0) is 116 Å². The fourth-order valence-electron chi connectivity index (χ4n) is 10.6. The number of hydrogen-bond acceptors (Lipinski definition) is 11. The molecule has 334 valence electrons. The fourth-order valence-corrected chi connectivity index (χ4v) is 11.5. The van der Waals surface area contributed by atoms with E-state index in [1.807, 2.05) is 67.4 Å². The predicted octanol–water partition coefficient (Wildman–Crippen LogP) is 8.87. The molecular weight excluding hydrogens is 819 g/mol. The second-order valence-corrected chi connectivity index (χ2v) is 19.6. The van der Waals surface area contributed by atoms with Gasteiger partial charge in [0, 0.05) is 86.7 Å². The highest BCUT2D eigenvalue weighted by Crippen LogP contribution is 2.66. The molecule has 0 spiro atoms. The number of aliphatic imine (C=N–C) groups is 1. The number of nitrogens with one attached hydrogen (secondary N) is 3. The molecule has 3 heterocycles. The van der Waals surface area contributed by atoms with Gasteiger partial charge in [0.05, 0.1) is 10.2 Å². The van der Waals surface area contributed by atoms with E-state index in [4.69, 9.17) is 15.7 Å². The normalized spacial score (nSPS) is 21.3. The lowest BCUT2D eigenvalue weighted by atomic mass is 9.49. The summed E-state index contributed by atoms with van der Waals surface area (Å²) in [5, 5.41) is 21.0. The lowest BCUT2D eigenvalue weighted by Gasteiger charge is -2.55. The fraction of sp³-hybridized carbons (Fsp3) is 0.392. The summed E-state index contributed by atoms with van der Waals surface area (Å²) in [7, 11) is 4.12. The summed E-state index contributed by atoms with van der Waals surface area (Å²) in [5.41, 5.74) is 15.5. The van der Waals surface area contributed by atoms with Crippen LogP contribution < -0.4 is 26.6 Å². The number of anilines is 3. The number of hydrogen-bond donors (Lipinski definition) is 5. The summed E-state index contributed by atoms with van der Waals surface area (Å²) >= 11 is 1.44. The molecule has 2 aliphatic carbocycles. The van der Waals surface area contributed by atoms with Crippen molar-refractivity contribution in [2.75, 3.05) is 55.8 Å². The number of fused-ring (bicyclic) bond motifs is 3. The number of benzene rings is 3.